The fourth-order valence-electron chi connectivity index (χ4n) is 4.01. The Morgan fingerprint density at radius 3 is 2.63 bits per heavy atom. The monoisotopic (exact) mass is 407 g/mol. The second kappa shape index (κ2) is 7.56. The number of nitrogens with zero attached hydrogens (tertiary/aromatic N) is 7. The molecule has 3 aromatic rings. The Hall–Kier alpha value is -3.20. The van der Waals surface area contributed by atoms with E-state index in [9.17, 15) is 4.39 Å². The van der Waals surface area contributed by atoms with Gasteiger partial charge in [0.25, 0.3) is 0 Å². The fourth-order valence-corrected chi connectivity index (χ4v) is 4.01. The number of ether oxygens (including phenoxy) is 1. The number of hydrogen-bond acceptors (Lipinski definition) is 8. The predicted octanol–water partition coefficient (Wildman–Crippen LogP) is 2.43. The van der Waals surface area contributed by atoms with Crippen LogP contribution in [0.25, 0.3) is 11.6 Å². The highest BCUT2D eigenvalue weighted by Gasteiger charge is 2.30. The number of hydrogen-bond donors (Lipinski definition) is 0. The molecule has 0 radical (unpaired) electrons. The highest BCUT2D eigenvalue weighted by atomic mass is 19.1. The zero-order chi connectivity index (χ0) is 20.7. The van der Waals surface area contributed by atoms with Crippen molar-refractivity contribution >= 4 is 11.5 Å². The zero-order valence-electron chi connectivity index (χ0n) is 16.9. The Morgan fingerprint density at radius 1 is 1.07 bits per heavy atom. The van der Waals surface area contributed by atoms with Gasteiger partial charge in [-0.2, -0.15) is 4.39 Å². The van der Waals surface area contributed by atoms with Crippen LogP contribution in [0.4, 0.5) is 15.9 Å². The first-order valence-electron chi connectivity index (χ1n) is 9.97. The second-order valence-corrected chi connectivity index (χ2v) is 7.56. The van der Waals surface area contributed by atoms with Crippen molar-refractivity contribution in [2.75, 3.05) is 36.5 Å². The molecule has 5 heterocycles. The molecule has 2 aliphatic rings. The van der Waals surface area contributed by atoms with Gasteiger partial charge in [0.2, 0.25) is 5.95 Å². The minimum Gasteiger partial charge on any atom is -0.378 e. The Bertz CT molecular complexity index is 1060. The normalized spacial score (nSPS) is 18.8. The van der Waals surface area contributed by atoms with E-state index in [0.29, 0.717) is 17.5 Å². The minimum atomic E-state index is -0.478. The van der Waals surface area contributed by atoms with Gasteiger partial charge in [-0.1, -0.05) is 0 Å². The molecular formula is C21H22FN7O. The van der Waals surface area contributed by atoms with Crippen LogP contribution in [0.1, 0.15) is 24.2 Å². The Labute approximate surface area is 173 Å². The molecule has 1 atom stereocenters. The van der Waals surface area contributed by atoms with E-state index in [1.807, 2.05) is 17.2 Å². The summed E-state index contributed by atoms with van der Waals surface area (Å²) >= 11 is 0. The van der Waals surface area contributed by atoms with Crippen molar-refractivity contribution in [1.29, 1.82) is 0 Å². The van der Waals surface area contributed by atoms with Crippen molar-refractivity contribution in [3.05, 3.63) is 54.0 Å². The molecule has 3 aromatic heterocycles. The maximum Gasteiger partial charge on any atom is 0.216 e. The van der Waals surface area contributed by atoms with Crippen molar-refractivity contribution < 1.29 is 9.13 Å². The molecular weight excluding hydrogens is 385 g/mol. The minimum absolute atomic E-state index is 0.0113. The van der Waals surface area contributed by atoms with Crippen molar-refractivity contribution in [1.82, 2.24) is 24.9 Å². The summed E-state index contributed by atoms with van der Waals surface area (Å²) in [6, 6.07) is 5.21. The summed E-state index contributed by atoms with van der Waals surface area (Å²) in [5, 5.41) is 0. The average Bonchev–Trinajstić information content (AvgIpc) is 2.73. The summed E-state index contributed by atoms with van der Waals surface area (Å²) < 4.78 is 19.6. The molecule has 154 valence electrons. The van der Waals surface area contributed by atoms with Gasteiger partial charge < -0.3 is 14.5 Å². The van der Waals surface area contributed by atoms with Gasteiger partial charge in [-0.25, -0.2) is 24.9 Å². The molecule has 0 spiro atoms. The van der Waals surface area contributed by atoms with Gasteiger partial charge in [-0.05, 0) is 13.0 Å². The number of anilines is 2. The molecule has 0 amide bonds. The summed E-state index contributed by atoms with van der Waals surface area (Å²) in [6.07, 6.45) is 6.11. The molecule has 1 saturated heterocycles. The lowest BCUT2D eigenvalue weighted by Crippen LogP contribution is -2.52. The summed E-state index contributed by atoms with van der Waals surface area (Å²) in [4.78, 5) is 25.9. The van der Waals surface area contributed by atoms with Crippen molar-refractivity contribution in [3.8, 4) is 11.6 Å². The first kappa shape index (κ1) is 18.8. The molecule has 1 unspecified atom stereocenters. The van der Waals surface area contributed by atoms with Gasteiger partial charge >= 0.3 is 0 Å². The second-order valence-electron chi connectivity index (χ2n) is 7.56. The van der Waals surface area contributed by atoms with Gasteiger partial charge in [-0.3, -0.25) is 0 Å². The third-order valence-corrected chi connectivity index (χ3v) is 5.78. The van der Waals surface area contributed by atoms with E-state index in [1.165, 1.54) is 6.07 Å². The van der Waals surface area contributed by atoms with E-state index < -0.39 is 5.95 Å². The fraction of sp³-hybridized carbons (Fsp3) is 0.381. The number of methoxy groups -OCH3 is 1. The Morgan fingerprint density at radius 2 is 1.87 bits per heavy atom. The third kappa shape index (κ3) is 3.35. The van der Waals surface area contributed by atoms with Crippen molar-refractivity contribution in [3.63, 3.8) is 0 Å². The summed E-state index contributed by atoms with van der Waals surface area (Å²) in [5.74, 6) is 1.20. The molecule has 0 aromatic carbocycles. The Balaban J connectivity index is 1.41. The number of pyridine rings is 1. The zero-order valence-corrected chi connectivity index (χ0v) is 16.9. The molecule has 0 saturated carbocycles. The van der Waals surface area contributed by atoms with E-state index in [4.69, 9.17) is 9.72 Å². The van der Waals surface area contributed by atoms with E-state index in [2.05, 4.69) is 31.8 Å². The average molecular weight is 407 g/mol. The van der Waals surface area contributed by atoms with Crippen LogP contribution in [0, 0.1) is 5.95 Å². The van der Waals surface area contributed by atoms with Crippen LogP contribution in [-0.2, 0) is 11.2 Å². The van der Waals surface area contributed by atoms with Crippen LogP contribution < -0.4 is 9.80 Å². The number of halogens is 1. The third-order valence-electron chi connectivity index (χ3n) is 5.78. The molecule has 0 N–H and O–H groups in total. The lowest BCUT2D eigenvalue weighted by atomic mass is 9.98. The van der Waals surface area contributed by atoms with Crippen LogP contribution in [0.5, 0.6) is 0 Å². The van der Waals surface area contributed by atoms with Gasteiger partial charge in [0.1, 0.15) is 5.82 Å². The summed E-state index contributed by atoms with van der Waals surface area (Å²) in [6.45, 7) is 4.26. The van der Waals surface area contributed by atoms with Gasteiger partial charge in [0.05, 0.1) is 17.8 Å². The van der Waals surface area contributed by atoms with E-state index in [0.717, 1.165) is 43.0 Å². The lowest BCUT2D eigenvalue weighted by Gasteiger charge is -2.40. The van der Waals surface area contributed by atoms with Crippen LogP contribution >= 0.6 is 0 Å². The molecule has 0 bridgehead atoms. The van der Waals surface area contributed by atoms with Gasteiger partial charge in [0, 0.05) is 75.1 Å². The molecule has 1 fully saturated rings. The number of aromatic nitrogens is 5. The summed E-state index contributed by atoms with van der Waals surface area (Å²) in [5.41, 5.74) is 2.83. The number of rotatable bonds is 4. The van der Waals surface area contributed by atoms with Gasteiger partial charge in [-0.15, -0.1) is 0 Å². The van der Waals surface area contributed by atoms with Crippen LogP contribution in [0.2, 0.25) is 0 Å². The smallest absolute Gasteiger partial charge is 0.216 e. The molecule has 9 heteroatoms. The van der Waals surface area contributed by atoms with E-state index in [1.54, 1.807) is 25.6 Å². The van der Waals surface area contributed by atoms with E-state index in [-0.39, 0.29) is 12.1 Å². The standard InChI is InChI=1S/C21H22FN7O/c1-13-16-10-25-21(20-23-5-3-6-24-20)26-17(16)4-7-29(13)14-8-18(22)27-19(9-14)28-11-15(12-28)30-2/h3,5-6,8-10,13,15H,4,7,11-12H2,1-2H3. The van der Waals surface area contributed by atoms with Crippen LogP contribution in [-0.4, -0.2) is 57.8 Å². The topological polar surface area (TPSA) is 80.2 Å². The first-order chi connectivity index (χ1) is 14.6. The molecule has 5 rings (SSSR count). The SMILES string of the molecule is COC1CN(c2cc(N3CCc4nc(-c5ncccn5)ncc4C3C)cc(F)n2)C1. The molecule has 2 aliphatic heterocycles. The maximum atomic E-state index is 14.3. The van der Waals surface area contributed by atoms with Crippen molar-refractivity contribution in [2.24, 2.45) is 0 Å². The van der Waals surface area contributed by atoms with Gasteiger partial charge in [0.15, 0.2) is 11.6 Å². The maximum absolute atomic E-state index is 14.3. The largest absolute Gasteiger partial charge is 0.378 e. The predicted molar refractivity (Wildman–Crippen MR) is 110 cm³/mol. The lowest BCUT2D eigenvalue weighted by molar-refractivity contribution is 0.0782. The van der Waals surface area contributed by atoms with Crippen LogP contribution in [0.15, 0.2) is 36.8 Å². The molecule has 8 nitrogen and oxygen atoms in total. The Kier molecular flexibility index (Phi) is 4.74. The first-order valence-corrected chi connectivity index (χ1v) is 9.97. The van der Waals surface area contributed by atoms with E-state index >= 15 is 0 Å². The number of fused-ring (bicyclic) bond motifs is 1. The van der Waals surface area contributed by atoms with Crippen LogP contribution in [0.3, 0.4) is 0 Å². The highest BCUT2D eigenvalue weighted by Crippen LogP contribution is 2.35. The quantitative estimate of drug-likeness (QED) is 0.610. The van der Waals surface area contributed by atoms with Crippen molar-refractivity contribution in [2.45, 2.75) is 25.5 Å². The molecule has 30 heavy (non-hydrogen) atoms. The molecule has 0 aliphatic carbocycles. The highest BCUT2D eigenvalue weighted by molar-refractivity contribution is 5.59. The summed E-state index contributed by atoms with van der Waals surface area (Å²) in [7, 11) is 1.69.